The van der Waals surface area contributed by atoms with Gasteiger partial charge in [0.15, 0.2) is 0 Å². The summed E-state index contributed by atoms with van der Waals surface area (Å²) in [5.74, 6) is 0.181. The maximum atomic E-state index is 10.5. The van der Waals surface area contributed by atoms with Gasteiger partial charge in [0, 0.05) is 10.6 Å². The van der Waals surface area contributed by atoms with Crippen LogP contribution in [0.15, 0.2) is 42.5 Å². The summed E-state index contributed by atoms with van der Waals surface area (Å²) in [7, 11) is 0. The van der Waals surface area contributed by atoms with Crippen molar-refractivity contribution in [2.45, 2.75) is 20.3 Å². The van der Waals surface area contributed by atoms with Gasteiger partial charge in [-0.3, -0.25) is 0 Å². The van der Waals surface area contributed by atoms with Gasteiger partial charge in [0.1, 0.15) is 22.5 Å². The summed E-state index contributed by atoms with van der Waals surface area (Å²) < 4.78 is 0. The van der Waals surface area contributed by atoms with Crippen molar-refractivity contribution in [2.75, 3.05) is 0 Å². The Hall–Kier alpha value is -2.33. The van der Waals surface area contributed by atoms with Gasteiger partial charge in [0.05, 0.1) is 0 Å². The fourth-order valence-electron chi connectivity index (χ4n) is 2.44. The third-order valence-corrected chi connectivity index (χ3v) is 3.60. The van der Waals surface area contributed by atoms with Crippen LogP contribution in [0.2, 0.25) is 5.02 Å². The van der Waals surface area contributed by atoms with E-state index in [0.717, 1.165) is 22.2 Å². The van der Waals surface area contributed by atoms with E-state index in [1.807, 2.05) is 32.0 Å². The van der Waals surface area contributed by atoms with E-state index in [-0.39, 0.29) is 5.75 Å². The fourth-order valence-corrected chi connectivity index (χ4v) is 2.61. The third-order valence-electron chi connectivity index (χ3n) is 3.36. The molecule has 3 aromatic rings. The first-order valence-corrected chi connectivity index (χ1v) is 7.31. The minimum absolute atomic E-state index is 0.181. The smallest absolute Gasteiger partial charge is 0.146 e. The molecule has 4 nitrogen and oxygen atoms in total. The monoisotopic (exact) mass is 313 g/mol. The Morgan fingerprint density at radius 1 is 1.23 bits per heavy atom. The van der Waals surface area contributed by atoms with Gasteiger partial charge in [-0.05, 0) is 50.1 Å². The molecule has 0 aliphatic carbocycles. The van der Waals surface area contributed by atoms with E-state index in [4.69, 9.17) is 11.6 Å². The first-order chi connectivity index (χ1) is 10.4. The van der Waals surface area contributed by atoms with Gasteiger partial charge >= 0.3 is 0 Å². The van der Waals surface area contributed by atoms with Crippen molar-refractivity contribution >= 4 is 22.6 Å². The number of phenols is 1. The van der Waals surface area contributed by atoms with Crippen molar-refractivity contribution in [1.29, 1.82) is 0 Å². The number of hydrogen-bond acceptors (Lipinski definition) is 3. The summed E-state index contributed by atoms with van der Waals surface area (Å²) >= 11 is 5.98. The number of rotatable bonds is 3. The fraction of sp³-hybridized carbons (Fsp3) is 0.176. The van der Waals surface area contributed by atoms with Crippen molar-refractivity contribution in [1.82, 2.24) is 15.0 Å². The summed E-state index contributed by atoms with van der Waals surface area (Å²) in [6.07, 6.45) is 0.618. The van der Waals surface area contributed by atoms with Gasteiger partial charge in [0.25, 0.3) is 0 Å². The Bertz CT molecular complexity index is 883. The molecule has 0 atom stereocenters. The Morgan fingerprint density at radius 3 is 2.68 bits per heavy atom. The van der Waals surface area contributed by atoms with E-state index in [2.05, 4.69) is 16.8 Å². The largest absolute Gasteiger partial charge is 0.505 e. The van der Waals surface area contributed by atoms with Crippen LogP contribution in [0.25, 0.3) is 16.7 Å². The van der Waals surface area contributed by atoms with E-state index in [1.165, 1.54) is 4.80 Å². The molecule has 1 aromatic heterocycles. The molecule has 0 aliphatic rings. The molecule has 0 bridgehead atoms. The van der Waals surface area contributed by atoms with Crippen LogP contribution in [0, 0.1) is 6.92 Å². The first kappa shape index (κ1) is 14.6. The van der Waals surface area contributed by atoms with Gasteiger partial charge in [-0.2, -0.15) is 0 Å². The molecule has 1 heterocycles. The number of nitrogens with zero attached hydrogens (tertiary/aromatic N) is 3. The van der Waals surface area contributed by atoms with E-state index >= 15 is 0 Å². The maximum absolute atomic E-state index is 10.5. The van der Waals surface area contributed by atoms with E-state index < -0.39 is 0 Å². The summed E-state index contributed by atoms with van der Waals surface area (Å²) in [6, 6.07) is 9.14. The second-order valence-electron chi connectivity index (χ2n) is 5.55. The predicted octanol–water partition coefficient (Wildman–Crippen LogP) is 4.21. The zero-order valence-corrected chi connectivity index (χ0v) is 13.2. The lowest BCUT2D eigenvalue weighted by atomic mass is 10.0. The third kappa shape index (κ3) is 2.70. The Labute approximate surface area is 133 Å². The molecule has 0 saturated heterocycles. The Balaban J connectivity index is 2.16. The number of fused-ring (bicyclic) bond motifs is 1. The molecule has 1 N–H and O–H groups in total. The second-order valence-corrected chi connectivity index (χ2v) is 5.98. The SMILES string of the molecule is C=C(C)Cc1cc(C)cc(-n2nc3ccc(Cl)cc3n2)c1O. The lowest BCUT2D eigenvalue weighted by Crippen LogP contribution is -2.02. The molecule has 0 amide bonds. The highest BCUT2D eigenvalue weighted by Crippen LogP contribution is 2.29. The molecule has 0 saturated carbocycles. The molecular weight excluding hydrogens is 298 g/mol. The predicted molar refractivity (Wildman–Crippen MR) is 88.8 cm³/mol. The highest BCUT2D eigenvalue weighted by molar-refractivity contribution is 6.31. The van der Waals surface area contributed by atoms with Crippen LogP contribution >= 0.6 is 11.6 Å². The van der Waals surface area contributed by atoms with Gasteiger partial charge in [-0.25, -0.2) is 0 Å². The highest BCUT2D eigenvalue weighted by Gasteiger charge is 2.13. The summed E-state index contributed by atoms with van der Waals surface area (Å²) in [5, 5.41) is 20.0. The first-order valence-electron chi connectivity index (χ1n) is 6.94. The topological polar surface area (TPSA) is 50.9 Å². The van der Waals surface area contributed by atoms with Crippen LogP contribution in [0.1, 0.15) is 18.1 Å². The summed E-state index contributed by atoms with van der Waals surface area (Å²) in [6.45, 7) is 7.82. The summed E-state index contributed by atoms with van der Waals surface area (Å²) in [4.78, 5) is 1.45. The van der Waals surface area contributed by atoms with Crippen LogP contribution in [0.4, 0.5) is 0 Å². The van der Waals surface area contributed by atoms with Crippen molar-refractivity contribution < 1.29 is 5.11 Å². The van der Waals surface area contributed by atoms with E-state index in [1.54, 1.807) is 12.1 Å². The lowest BCUT2D eigenvalue weighted by Gasteiger charge is -2.10. The zero-order chi connectivity index (χ0) is 15.9. The number of hydrogen-bond donors (Lipinski definition) is 1. The molecule has 5 heteroatoms. The highest BCUT2D eigenvalue weighted by atomic mass is 35.5. The van der Waals surface area contributed by atoms with Gasteiger partial charge in [-0.15, -0.1) is 15.0 Å². The normalized spacial score (nSPS) is 11.0. The number of phenolic OH excluding ortho intramolecular Hbond substituents is 1. The minimum atomic E-state index is 0.181. The lowest BCUT2D eigenvalue weighted by molar-refractivity contribution is 0.461. The average Bonchev–Trinajstić information content (AvgIpc) is 2.84. The molecule has 0 aliphatic heterocycles. The molecule has 112 valence electrons. The minimum Gasteiger partial charge on any atom is -0.505 e. The molecule has 0 spiro atoms. The van der Waals surface area contributed by atoms with Crippen molar-refractivity contribution in [3.05, 3.63) is 58.6 Å². The van der Waals surface area contributed by atoms with Crippen molar-refractivity contribution in [3.63, 3.8) is 0 Å². The van der Waals surface area contributed by atoms with Gasteiger partial charge in [0.2, 0.25) is 0 Å². The molecular formula is C17H16ClN3O. The number of aromatic hydroxyl groups is 1. The maximum Gasteiger partial charge on any atom is 0.146 e. The van der Waals surface area contributed by atoms with Crippen molar-refractivity contribution in [2.24, 2.45) is 0 Å². The van der Waals surface area contributed by atoms with Gasteiger partial charge in [-0.1, -0.05) is 29.8 Å². The second kappa shape index (κ2) is 5.46. The van der Waals surface area contributed by atoms with Crippen LogP contribution < -0.4 is 0 Å². The molecule has 22 heavy (non-hydrogen) atoms. The Kier molecular flexibility index (Phi) is 3.62. The van der Waals surface area contributed by atoms with E-state index in [9.17, 15) is 5.11 Å². The van der Waals surface area contributed by atoms with Crippen LogP contribution in [0.3, 0.4) is 0 Å². The standard InChI is InChI=1S/C17H16ClN3O/c1-10(2)6-12-7-11(3)8-16(17(12)22)21-19-14-5-4-13(18)9-15(14)20-21/h4-5,7-9,22H,1,6H2,2-3H3. The number of allylic oxidation sites excluding steroid dienone is 1. The quantitative estimate of drug-likeness (QED) is 0.737. The number of aromatic nitrogens is 3. The zero-order valence-electron chi connectivity index (χ0n) is 12.5. The Morgan fingerprint density at radius 2 is 1.95 bits per heavy atom. The molecule has 3 rings (SSSR count). The number of aryl methyl sites for hydroxylation is 1. The van der Waals surface area contributed by atoms with E-state index in [0.29, 0.717) is 22.6 Å². The van der Waals surface area contributed by atoms with Gasteiger partial charge < -0.3 is 5.11 Å². The number of halogens is 1. The number of benzene rings is 2. The average molecular weight is 314 g/mol. The summed E-state index contributed by atoms with van der Waals surface area (Å²) in [5.41, 5.74) is 4.81. The van der Waals surface area contributed by atoms with Crippen LogP contribution in [0.5, 0.6) is 5.75 Å². The van der Waals surface area contributed by atoms with Crippen LogP contribution in [-0.2, 0) is 6.42 Å². The molecule has 0 radical (unpaired) electrons. The van der Waals surface area contributed by atoms with Crippen molar-refractivity contribution in [3.8, 4) is 11.4 Å². The molecule has 2 aromatic carbocycles. The van der Waals surface area contributed by atoms with Crippen LogP contribution in [-0.4, -0.2) is 20.1 Å². The molecule has 0 unspecified atom stereocenters. The molecule has 0 fully saturated rings.